The molecule has 0 atom stereocenters. The van der Waals surface area contributed by atoms with Gasteiger partial charge in [0.15, 0.2) is 0 Å². The Kier molecular flexibility index (Phi) is 4.49. The van der Waals surface area contributed by atoms with E-state index in [1.54, 1.807) is 6.07 Å². The van der Waals surface area contributed by atoms with E-state index in [4.69, 9.17) is 5.11 Å². The van der Waals surface area contributed by atoms with Crippen molar-refractivity contribution in [1.29, 1.82) is 0 Å². The summed E-state index contributed by atoms with van der Waals surface area (Å²) in [6.45, 7) is -0.824. The third-order valence-corrected chi connectivity index (χ3v) is 2.89. The van der Waals surface area contributed by atoms with Crippen LogP contribution >= 0.6 is 0 Å². The first-order chi connectivity index (χ1) is 9.97. The van der Waals surface area contributed by atoms with Gasteiger partial charge >= 0.3 is 12.0 Å². The number of hydrogen-bond acceptors (Lipinski definition) is 4. The zero-order valence-electron chi connectivity index (χ0n) is 11.0. The Morgan fingerprint density at radius 1 is 1.33 bits per heavy atom. The Hall–Kier alpha value is -2.48. The van der Waals surface area contributed by atoms with Gasteiger partial charge in [-0.3, -0.25) is 15.0 Å². The number of fused-ring (bicyclic) bond motifs is 1. The molecule has 0 saturated heterocycles. The van der Waals surface area contributed by atoms with Crippen molar-refractivity contribution < 1.29 is 28.6 Å². The van der Waals surface area contributed by atoms with Gasteiger partial charge in [0.05, 0.1) is 5.69 Å². The molecule has 0 spiro atoms. The van der Waals surface area contributed by atoms with E-state index >= 15 is 0 Å². The summed E-state index contributed by atoms with van der Waals surface area (Å²) < 4.78 is 17.8. The van der Waals surface area contributed by atoms with E-state index in [2.05, 4.69) is 10.1 Å². The Labute approximate surface area is 119 Å². The second-order valence-corrected chi connectivity index (χ2v) is 4.41. The molecule has 2 rings (SSSR count). The van der Waals surface area contributed by atoms with E-state index in [-0.39, 0.29) is 0 Å². The van der Waals surface area contributed by atoms with Crippen LogP contribution in [-0.4, -0.2) is 42.8 Å². The number of nitrogens with one attached hydrogen (secondary N) is 1. The molecule has 1 heterocycles. The van der Waals surface area contributed by atoms with Crippen molar-refractivity contribution in [3.05, 3.63) is 29.6 Å². The summed E-state index contributed by atoms with van der Waals surface area (Å²) in [6.07, 6.45) is 0.576. The topological polar surface area (TPSA) is 95.9 Å². The summed E-state index contributed by atoms with van der Waals surface area (Å²) in [5, 5.41) is 10.4. The number of anilines is 1. The molecule has 0 saturated carbocycles. The fourth-order valence-corrected chi connectivity index (χ4v) is 2.02. The highest BCUT2D eigenvalue weighted by Gasteiger charge is 2.26. The Balaban J connectivity index is 1.92. The van der Waals surface area contributed by atoms with Gasteiger partial charge in [-0.25, -0.2) is 14.0 Å². The molecule has 2 N–H and O–H groups in total. The summed E-state index contributed by atoms with van der Waals surface area (Å²) >= 11 is 0. The summed E-state index contributed by atoms with van der Waals surface area (Å²) in [7, 11) is 0. The number of carboxylic acids is 1. The molecular formula is C13H13FN2O5. The number of urea groups is 1. The molecule has 0 radical (unpaired) electrons. The highest BCUT2D eigenvalue weighted by Crippen LogP contribution is 2.28. The standard InChI is InChI=1S/C13H13FN2O5/c14-9-2-1-8-3-4-16(10(8)5-9)13(20)15-11(17)6-21-7-12(18)19/h1-2,5H,3-4,6-7H2,(H,18,19)(H,15,17,20). The van der Waals surface area contributed by atoms with Gasteiger partial charge in [-0.15, -0.1) is 0 Å². The minimum atomic E-state index is -1.21. The zero-order chi connectivity index (χ0) is 15.4. The third kappa shape index (κ3) is 3.76. The molecule has 7 nitrogen and oxygen atoms in total. The van der Waals surface area contributed by atoms with Crippen molar-refractivity contribution in [3.8, 4) is 0 Å². The number of rotatable bonds is 4. The average molecular weight is 296 g/mol. The number of imide groups is 1. The first-order valence-electron chi connectivity index (χ1n) is 6.16. The molecule has 1 aliphatic heterocycles. The van der Waals surface area contributed by atoms with Crippen LogP contribution in [0, 0.1) is 5.82 Å². The van der Waals surface area contributed by atoms with E-state index in [9.17, 15) is 18.8 Å². The monoisotopic (exact) mass is 296 g/mol. The number of carboxylic acid groups (broad SMARTS) is 1. The number of hydrogen-bond donors (Lipinski definition) is 2. The van der Waals surface area contributed by atoms with Crippen molar-refractivity contribution in [2.45, 2.75) is 6.42 Å². The second kappa shape index (κ2) is 6.31. The molecule has 0 aliphatic carbocycles. The van der Waals surface area contributed by atoms with Crippen LogP contribution in [0.15, 0.2) is 18.2 Å². The number of ether oxygens (including phenoxy) is 1. The highest BCUT2D eigenvalue weighted by atomic mass is 19.1. The van der Waals surface area contributed by atoms with Gasteiger partial charge in [0, 0.05) is 6.54 Å². The minimum absolute atomic E-state index is 0.341. The van der Waals surface area contributed by atoms with Crippen LogP contribution < -0.4 is 10.2 Å². The van der Waals surface area contributed by atoms with Crippen LogP contribution in [0.25, 0.3) is 0 Å². The predicted molar refractivity (Wildman–Crippen MR) is 69.4 cm³/mol. The molecule has 1 aromatic rings. The molecule has 1 aliphatic rings. The fraction of sp³-hybridized carbons (Fsp3) is 0.308. The maximum atomic E-state index is 13.2. The highest BCUT2D eigenvalue weighted by molar-refractivity contribution is 6.04. The number of halogens is 1. The minimum Gasteiger partial charge on any atom is -0.480 e. The van der Waals surface area contributed by atoms with Gasteiger partial charge < -0.3 is 9.84 Å². The lowest BCUT2D eigenvalue weighted by molar-refractivity contribution is -0.143. The largest absolute Gasteiger partial charge is 0.480 e. The predicted octanol–water partition coefficient (Wildman–Crippen LogP) is 0.526. The molecule has 3 amide bonds. The molecule has 0 unspecified atom stereocenters. The van der Waals surface area contributed by atoms with Crippen LogP contribution in [-0.2, 0) is 20.7 Å². The summed E-state index contributed by atoms with van der Waals surface area (Å²) in [5.41, 5.74) is 1.24. The van der Waals surface area contributed by atoms with E-state index < -0.39 is 36.9 Å². The molecule has 1 aromatic carbocycles. The van der Waals surface area contributed by atoms with Gasteiger partial charge in [-0.05, 0) is 24.1 Å². The van der Waals surface area contributed by atoms with Crippen LogP contribution in [0.3, 0.4) is 0 Å². The van der Waals surface area contributed by atoms with E-state index in [1.165, 1.54) is 17.0 Å². The number of nitrogens with zero attached hydrogens (tertiary/aromatic N) is 1. The van der Waals surface area contributed by atoms with Crippen molar-refractivity contribution in [1.82, 2.24) is 5.32 Å². The van der Waals surface area contributed by atoms with Gasteiger partial charge in [0.2, 0.25) is 0 Å². The van der Waals surface area contributed by atoms with Crippen LogP contribution in [0.5, 0.6) is 0 Å². The van der Waals surface area contributed by atoms with E-state index in [0.29, 0.717) is 18.7 Å². The number of carbonyl (C=O) groups excluding carboxylic acids is 2. The first kappa shape index (κ1) is 14.9. The molecule has 112 valence electrons. The quantitative estimate of drug-likeness (QED) is 0.844. The van der Waals surface area contributed by atoms with Gasteiger partial charge in [-0.2, -0.15) is 0 Å². The number of aliphatic carboxylic acids is 1. The fourth-order valence-electron chi connectivity index (χ4n) is 2.02. The lowest BCUT2D eigenvalue weighted by Crippen LogP contribution is -2.43. The van der Waals surface area contributed by atoms with E-state index in [1.807, 2.05) is 0 Å². The molecule has 0 aromatic heterocycles. The van der Waals surface area contributed by atoms with Crippen molar-refractivity contribution in [2.75, 3.05) is 24.7 Å². The smallest absolute Gasteiger partial charge is 0.329 e. The lowest BCUT2D eigenvalue weighted by Gasteiger charge is -2.17. The average Bonchev–Trinajstić information content (AvgIpc) is 2.81. The Morgan fingerprint density at radius 2 is 2.10 bits per heavy atom. The normalized spacial score (nSPS) is 12.9. The van der Waals surface area contributed by atoms with E-state index in [0.717, 1.165) is 5.56 Å². The lowest BCUT2D eigenvalue weighted by atomic mass is 10.2. The van der Waals surface area contributed by atoms with Crippen LogP contribution in [0.1, 0.15) is 5.56 Å². The first-order valence-corrected chi connectivity index (χ1v) is 6.16. The number of benzene rings is 1. The zero-order valence-corrected chi connectivity index (χ0v) is 11.0. The van der Waals surface area contributed by atoms with Crippen molar-refractivity contribution >= 4 is 23.6 Å². The molecular weight excluding hydrogens is 283 g/mol. The van der Waals surface area contributed by atoms with Gasteiger partial charge in [0.1, 0.15) is 19.0 Å². The Morgan fingerprint density at radius 3 is 2.81 bits per heavy atom. The summed E-state index contributed by atoms with van der Waals surface area (Å²) in [6, 6.07) is 3.44. The summed E-state index contributed by atoms with van der Waals surface area (Å²) in [4.78, 5) is 34.8. The van der Waals surface area contributed by atoms with Gasteiger partial charge in [0.25, 0.3) is 5.91 Å². The molecule has 0 fully saturated rings. The summed E-state index contributed by atoms with van der Waals surface area (Å²) in [5.74, 6) is -2.44. The van der Waals surface area contributed by atoms with Crippen molar-refractivity contribution in [2.24, 2.45) is 0 Å². The Bertz CT molecular complexity index is 590. The van der Waals surface area contributed by atoms with Crippen LogP contribution in [0.4, 0.5) is 14.9 Å². The number of amides is 3. The third-order valence-electron chi connectivity index (χ3n) is 2.89. The number of carbonyl (C=O) groups is 3. The molecule has 21 heavy (non-hydrogen) atoms. The molecule has 0 bridgehead atoms. The van der Waals surface area contributed by atoms with Crippen LogP contribution in [0.2, 0.25) is 0 Å². The SMILES string of the molecule is O=C(O)COCC(=O)NC(=O)N1CCc2ccc(F)cc21. The molecule has 8 heteroatoms. The maximum Gasteiger partial charge on any atom is 0.329 e. The maximum absolute atomic E-state index is 13.2. The van der Waals surface area contributed by atoms with Gasteiger partial charge in [-0.1, -0.05) is 6.07 Å². The second-order valence-electron chi connectivity index (χ2n) is 4.41. The van der Waals surface area contributed by atoms with Crippen molar-refractivity contribution in [3.63, 3.8) is 0 Å².